The van der Waals surface area contributed by atoms with Crippen molar-refractivity contribution in [2.24, 2.45) is 0 Å². The maximum absolute atomic E-state index is 12.4. The van der Waals surface area contributed by atoms with Gasteiger partial charge in [0.05, 0.1) is 25.9 Å². The molecule has 1 aromatic rings. The maximum atomic E-state index is 12.4. The number of rotatable bonds is 13. The van der Waals surface area contributed by atoms with Crippen LogP contribution in [0.1, 0.15) is 6.92 Å². The molecule has 0 saturated carbocycles. The lowest BCUT2D eigenvalue weighted by molar-refractivity contribution is -0.141. The Balaban J connectivity index is 1.86. The van der Waals surface area contributed by atoms with E-state index in [4.69, 9.17) is 19.1 Å². The summed E-state index contributed by atoms with van der Waals surface area (Å²) in [4.78, 5) is 47.6. The Morgan fingerprint density at radius 2 is 1.94 bits per heavy atom. The second-order valence-corrected chi connectivity index (χ2v) is 9.50. The number of nitrogens with one attached hydrogen (secondary N) is 1. The highest BCUT2D eigenvalue weighted by Crippen LogP contribution is 2.42. The number of aromatic amines is 1. The van der Waals surface area contributed by atoms with Gasteiger partial charge >= 0.3 is 19.3 Å². The molecular formula is C18H30N3O11P. The highest BCUT2D eigenvalue weighted by molar-refractivity contribution is 7.52. The van der Waals surface area contributed by atoms with E-state index in [0.717, 1.165) is 10.6 Å². The third-order valence-electron chi connectivity index (χ3n) is 5.00. The van der Waals surface area contributed by atoms with Crippen LogP contribution in [0.2, 0.25) is 0 Å². The first kappa shape index (κ1) is 27.3. The number of nitrogens with zero attached hydrogens (tertiary/aromatic N) is 2. The first-order chi connectivity index (χ1) is 15.5. The van der Waals surface area contributed by atoms with Crippen LogP contribution in [0.5, 0.6) is 0 Å². The predicted octanol–water partition coefficient (Wildman–Crippen LogP) is -2.91. The maximum Gasteiger partial charge on any atom is 0.329 e. The van der Waals surface area contributed by atoms with Gasteiger partial charge in [-0.05, 0) is 0 Å². The van der Waals surface area contributed by atoms with E-state index in [1.807, 2.05) is 0 Å². The second-order valence-electron chi connectivity index (χ2n) is 7.52. The van der Waals surface area contributed by atoms with E-state index in [0.29, 0.717) is 0 Å². The minimum atomic E-state index is -4.12. The number of H-pyrrole nitrogens is 1. The topological polar surface area (TPSA) is 201 Å². The van der Waals surface area contributed by atoms with Crippen molar-refractivity contribution in [2.45, 2.75) is 37.9 Å². The van der Waals surface area contributed by atoms with Crippen LogP contribution in [0.25, 0.3) is 0 Å². The molecule has 188 valence electrons. The summed E-state index contributed by atoms with van der Waals surface area (Å²) in [7, 11) is -4.12. The van der Waals surface area contributed by atoms with E-state index in [9.17, 15) is 34.1 Å². The Kier molecular flexibility index (Phi) is 10.4. The van der Waals surface area contributed by atoms with Crippen molar-refractivity contribution in [1.82, 2.24) is 14.5 Å². The van der Waals surface area contributed by atoms with Crippen LogP contribution in [-0.4, -0.2) is 111 Å². The fraction of sp³-hybridized carbons (Fsp3) is 0.722. The Hall–Kier alpha value is -1.90. The summed E-state index contributed by atoms with van der Waals surface area (Å²) in [5.41, 5.74) is -1.30. The Labute approximate surface area is 188 Å². The highest BCUT2D eigenvalue weighted by atomic mass is 31.2. The van der Waals surface area contributed by atoms with Crippen LogP contribution in [0.15, 0.2) is 21.9 Å². The van der Waals surface area contributed by atoms with E-state index in [1.54, 1.807) is 4.90 Å². The van der Waals surface area contributed by atoms with Gasteiger partial charge in [-0.2, -0.15) is 0 Å². The first-order valence-corrected chi connectivity index (χ1v) is 12.0. The van der Waals surface area contributed by atoms with Crippen molar-refractivity contribution in [3.05, 3.63) is 33.1 Å². The smallest absolute Gasteiger partial charge is 0.329 e. The lowest BCUT2D eigenvalue weighted by Crippen LogP contribution is -2.38. The molecule has 0 amide bonds. The number of hydrogen-bond acceptors (Lipinski definition) is 11. The zero-order valence-corrected chi connectivity index (χ0v) is 19.0. The summed E-state index contributed by atoms with van der Waals surface area (Å²) in [6.45, 7) is 0.987. The van der Waals surface area contributed by atoms with Crippen LogP contribution < -0.4 is 11.2 Å². The zero-order valence-electron chi connectivity index (χ0n) is 18.1. The number of esters is 1. The van der Waals surface area contributed by atoms with E-state index in [2.05, 4.69) is 4.98 Å². The molecule has 0 radical (unpaired) electrons. The molecular weight excluding hydrogens is 465 g/mol. The average molecular weight is 495 g/mol. The van der Waals surface area contributed by atoms with Crippen LogP contribution in [0.4, 0.5) is 0 Å². The van der Waals surface area contributed by atoms with E-state index >= 15 is 0 Å². The molecule has 1 unspecified atom stereocenters. The standard InChI is InChI=1S/C18H30N3O11P/c1-12(23)30-8-5-20(4-7-22)6-9-33(28,29)31-11-14-17(26)16(25)13(32-14)10-21-3-2-15(24)19-18(21)27/h2-3,13-14,16-17,22,25-26H,4-11H2,1H3,(H,28,29)(H,19,24,27)/t13-,14+,16-,17+/m0/s1. The Morgan fingerprint density at radius 1 is 1.24 bits per heavy atom. The van der Waals surface area contributed by atoms with Gasteiger partial charge in [-0.25, -0.2) is 4.79 Å². The molecule has 2 rings (SSSR count). The van der Waals surface area contributed by atoms with Crippen molar-refractivity contribution >= 4 is 13.6 Å². The molecule has 1 fully saturated rings. The van der Waals surface area contributed by atoms with Crippen molar-refractivity contribution in [3.63, 3.8) is 0 Å². The van der Waals surface area contributed by atoms with Crippen LogP contribution >= 0.6 is 7.60 Å². The molecule has 2 heterocycles. The lowest BCUT2D eigenvalue weighted by atomic mass is 10.1. The predicted molar refractivity (Wildman–Crippen MR) is 113 cm³/mol. The molecule has 0 aliphatic carbocycles. The summed E-state index contributed by atoms with van der Waals surface area (Å²) < 4.78 is 28.9. The van der Waals surface area contributed by atoms with Crippen molar-refractivity contribution in [2.75, 3.05) is 45.6 Å². The van der Waals surface area contributed by atoms with Gasteiger partial charge in [0.1, 0.15) is 31.0 Å². The molecule has 1 saturated heterocycles. The molecule has 0 aromatic carbocycles. The summed E-state index contributed by atoms with van der Waals surface area (Å²) in [6.07, 6.45) is -4.04. The Bertz CT molecular complexity index is 936. The number of ether oxygens (including phenoxy) is 2. The molecule has 1 aromatic heterocycles. The molecule has 33 heavy (non-hydrogen) atoms. The lowest BCUT2D eigenvalue weighted by Gasteiger charge is -2.23. The van der Waals surface area contributed by atoms with E-state index in [-0.39, 0.29) is 45.6 Å². The van der Waals surface area contributed by atoms with Crippen LogP contribution in [0.3, 0.4) is 0 Å². The average Bonchev–Trinajstić information content (AvgIpc) is 3.00. The molecule has 0 spiro atoms. The minimum absolute atomic E-state index is 0.0612. The van der Waals surface area contributed by atoms with Crippen LogP contribution in [0, 0.1) is 0 Å². The number of carbonyl (C=O) groups is 1. The summed E-state index contributed by atoms with van der Waals surface area (Å²) in [6, 6.07) is 1.12. The summed E-state index contributed by atoms with van der Waals surface area (Å²) in [5.74, 6) is -0.462. The van der Waals surface area contributed by atoms with Gasteiger partial charge in [0.25, 0.3) is 5.56 Å². The molecule has 0 bridgehead atoms. The van der Waals surface area contributed by atoms with Gasteiger partial charge in [-0.3, -0.25) is 28.6 Å². The van der Waals surface area contributed by atoms with Gasteiger partial charge < -0.3 is 34.2 Å². The van der Waals surface area contributed by atoms with Gasteiger partial charge in [-0.15, -0.1) is 0 Å². The minimum Gasteiger partial charge on any atom is -0.465 e. The van der Waals surface area contributed by atoms with Gasteiger partial charge in [0.15, 0.2) is 0 Å². The molecule has 1 aliphatic heterocycles. The van der Waals surface area contributed by atoms with Gasteiger partial charge in [-0.1, -0.05) is 0 Å². The SMILES string of the molecule is CC(=O)OCCN(CCO)CCP(=O)(O)OC[C@H]1O[C@@H](Cn2ccc(=O)[nH]c2=O)[C@H](O)[C@@H]1O. The third-order valence-corrected chi connectivity index (χ3v) is 6.32. The van der Waals surface area contributed by atoms with E-state index < -0.39 is 55.8 Å². The number of aliphatic hydroxyl groups excluding tert-OH is 3. The highest BCUT2D eigenvalue weighted by Gasteiger charge is 2.43. The Morgan fingerprint density at radius 3 is 2.58 bits per heavy atom. The first-order valence-electron chi connectivity index (χ1n) is 10.3. The number of aromatic nitrogens is 2. The van der Waals surface area contributed by atoms with E-state index in [1.165, 1.54) is 13.1 Å². The third kappa shape index (κ3) is 8.76. The van der Waals surface area contributed by atoms with Crippen molar-refractivity contribution in [1.29, 1.82) is 0 Å². The second kappa shape index (κ2) is 12.5. The van der Waals surface area contributed by atoms with Crippen molar-refractivity contribution in [3.8, 4) is 0 Å². The monoisotopic (exact) mass is 495 g/mol. The molecule has 14 nitrogen and oxygen atoms in total. The molecule has 1 aliphatic rings. The summed E-state index contributed by atoms with van der Waals surface area (Å²) in [5, 5.41) is 29.5. The summed E-state index contributed by atoms with van der Waals surface area (Å²) >= 11 is 0. The fourth-order valence-electron chi connectivity index (χ4n) is 3.21. The molecule has 15 heteroatoms. The quantitative estimate of drug-likeness (QED) is 0.138. The molecule has 5 N–H and O–H groups in total. The molecule has 5 atom stereocenters. The van der Waals surface area contributed by atoms with Crippen molar-refractivity contribution < 1.29 is 43.6 Å². The van der Waals surface area contributed by atoms with Gasteiger partial charge in [0.2, 0.25) is 0 Å². The number of hydrogen-bond donors (Lipinski definition) is 5. The number of carbonyl (C=O) groups excluding carboxylic acids is 1. The van der Waals surface area contributed by atoms with Crippen LogP contribution in [-0.2, 0) is 29.9 Å². The number of aliphatic hydroxyl groups is 3. The normalized spacial score (nSPS) is 24.7. The fourth-order valence-corrected chi connectivity index (χ4v) is 4.26. The zero-order chi connectivity index (χ0) is 24.6. The largest absolute Gasteiger partial charge is 0.465 e. The van der Waals surface area contributed by atoms with Gasteiger partial charge in [0, 0.05) is 38.8 Å².